The molecule has 16 heavy (non-hydrogen) atoms. The zero-order valence-electron chi connectivity index (χ0n) is 8.98. The molecular formula is C13H14N2O. The molecule has 1 aliphatic carbocycles. The first-order chi connectivity index (χ1) is 7.83. The molecule has 0 radical (unpaired) electrons. The number of hydrogen-bond acceptors (Lipinski definition) is 3. The van der Waals surface area contributed by atoms with E-state index in [4.69, 9.17) is 0 Å². The lowest BCUT2D eigenvalue weighted by molar-refractivity contribution is 0.480. The fourth-order valence-corrected chi connectivity index (χ4v) is 1.81. The maximum Gasteiger partial charge on any atom is 0.141 e. The van der Waals surface area contributed by atoms with E-state index in [0.29, 0.717) is 11.6 Å². The number of nitrogens with zero attached hydrogens (tertiary/aromatic N) is 1. The van der Waals surface area contributed by atoms with Crippen LogP contribution >= 0.6 is 0 Å². The van der Waals surface area contributed by atoms with Crippen molar-refractivity contribution >= 4 is 10.9 Å². The van der Waals surface area contributed by atoms with Crippen LogP contribution in [0.1, 0.15) is 18.5 Å². The molecule has 3 rings (SSSR count). The molecule has 0 saturated heterocycles. The number of benzene rings is 1. The Morgan fingerprint density at radius 2 is 2.12 bits per heavy atom. The molecule has 1 aromatic carbocycles. The van der Waals surface area contributed by atoms with E-state index in [0.717, 1.165) is 17.6 Å². The van der Waals surface area contributed by atoms with Crippen LogP contribution in [-0.2, 0) is 6.54 Å². The number of hydrogen-bond donors (Lipinski definition) is 2. The smallest absolute Gasteiger partial charge is 0.141 e. The molecule has 3 heteroatoms. The summed E-state index contributed by atoms with van der Waals surface area (Å²) < 4.78 is 0. The van der Waals surface area contributed by atoms with Crippen molar-refractivity contribution in [3.05, 3.63) is 36.0 Å². The van der Waals surface area contributed by atoms with Gasteiger partial charge in [-0.3, -0.25) is 0 Å². The van der Waals surface area contributed by atoms with Gasteiger partial charge in [0.15, 0.2) is 0 Å². The van der Waals surface area contributed by atoms with E-state index in [2.05, 4.69) is 10.3 Å². The quantitative estimate of drug-likeness (QED) is 0.823. The van der Waals surface area contributed by atoms with Crippen molar-refractivity contribution in [1.82, 2.24) is 10.3 Å². The first-order valence-corrected chi connectivity index (χ1v) is 5.64. The summed E-state index contributed by atoms with van der Waals surface area (Å²) in [6.45, 7) is 0.787. The standard InChI is InChI=1S/C13H14N2O/c16-12-3-1-2-9-4-5-11(15-13(9)12)8-14-10-6-7-10/h1-5,10,14,16H,6-8H2. The van der Waals surface area contributed by atoms with Gasteiger partial charge in [-0.2, -0.15) is 0 Å². The van der Waals surface area contributed by atoms with Crippen molar-refractivity contribution in [2.75, 3.05) is 0 Å². The summed E-state index contributed by atoms with van der Waals surface area (Å²) in [5.41, 5.74) is 1.68. The Bertz CT molecular complexity index is 520. The van der Waals surface area contributed by atoms with Gasteiger partial charge in [-0.25, -0.2) is 4.98 Å². The lowest BCUT2D eigenvalue weighted by atomic mass is 10.2. The van der Waals surface area contributed by atoms with Crippen molar-refractivity contribution in [2.24, 2.45) is 0 Å². The molecule has 0 amide bonds. The lowest BCUT2D eigenvalue weighted by Crippen LogP contribution is -2.16. The van der Waals surface area contributed by atoms with E-state index in [-0.39, 0.29) is 5.75 Å². The highest BCUT2D eigenvalue weighted by Gasteiger charge is 2.20. The minimum atomic E-state index is 0.255. The molecule has 0 unspecified atom stereocenters. The monoisotopic (exact) mass is 214 g/mol. The molecule has 0 atom stereocenters. The third-order valence-electron chi connectivity index (χ3n) is 2.91. The SMILES string of the molecule is Oc1cccc2ccc(CNC3CC3)nc12. The van der Waals surface area contributed by atoms with Crippen molar-refractivity contribution in [3.63, 3.8) is 0 Å². The van der Waals surface area contributed by atoms with Gasteiger partial charge < -0.3 is 10.4 Å². The van der Waals surface area contributed by atoms with Crippen molar-refractivity contribution in [3.8, 4) is 5.75 Å². The molecule has 0 spiro atoms. The molecule has 1 heterocycles. The zero-order valence-corrected chi connectivity index (χ0v) is 8.98. The molecule has 1 saturated carbocycles. The number of aromatic hydroxyl groups is 1. The van der Waals surface area contributed by atoms with Gasteiger partial charge in [0.05, 0.1) is 5.69 Å². The van der Waals surface area contributed by atoms with Crippen molar-refractivity contribution in [2.45, 2.75) is 25.4 Å². The summed E-state index contributed by atoms with van der Waals surface area (Å²) in [4.78, 5) is 4.46. The fourth-order valence-electron chi connectivity index (χ4n) is 1.81. The van der Waals surface area contributed by atoms with Crippen molar-refractivity contribution < 1.29 is 5.11 Å². The maximum absolute atomic E-state index is 9.70. The van der Waals surface area contributed by atoms with Gasteiger partial charge in [-0.1, -0.05) is 18.2 Å². The Hall–Kier alpha value is -1.61. The van der Waals surface area contributed by atoms with Crippen LogP contribution < -0.4 is 5.32 Å². The highest BCUT2D eigenvalue weighted by atomic mass is 16.3. The molecule has 1 aromatic heterocycles. The summed E-state index contributed by atoms with van der Waals surface area (Å²) in [7, 11) is 0. The van der Waals surface area contributed by atoms with Gasteiger partial charge in [-0.05, 0) is 25.0 Å². The van der Waals surface area contributed by atoms with Gasteiger partial charge in [-0.15, -0.1) is 0 Å². The Kier molecular flexibility index (Phi) is 2.26. The lowest BCUT2D eigenvalue weighted by Gasteiger charge is -2.05. The van der Waals surface area contributed by atoms with E-state index in [1.165, 1.54) is 12.8 Å². The highest BCUT2D eigenvalue weighted by Crippen LogP contribution is 2.23. The number of pyridine rings is 1. The van der Waals surface area contributed by atoms with Gasteiger partial charge in [0.1, 0.15) is 11.3 Å². The fraction of sp³-hybridized carbons (Fsp3) is 0.308. The molecule has 2 N–H and O–H groups in total. The van der Waals surface area contributed by atoms with E-state index >= 15 is 0 Å². The summed E-state index contributed by atoms with van der Waals surface area (Å²) in [6.07, 6.45) is 2.55. The number of aromatic nitrogens is 1. The molecular weight excluding hydrogens is 200 g/mol. The summed E-state index contributed by atoms with van der Waals surface area (Å²) in [5.74, 6) is 0.255. The minimum absolute atomic E-state index is 0.255. The summed E-state index contributed by atoms with van der Waals surface area (Å²) in [6, 6.07) is 10.2. The number of fused-ring (bicyclic) bond motifs is 1. The van der Waals surface area contributed by atoms with Crippen LogP contribution in [-0.4, -0.2) is 16.1 Å². The molecule has 0 aliphatic heterocycles. The van der Waals surface area contributed by atoms with Crippen LogP contribution in [0.4, 0.5) is 0 Å². The topological polar surface area (TPSA) is 45.1 Å². The third kappa shape index (κ3) is 1.86. The van der Waals surface area contributed by atoms with E-state index in [1.807, 2.05) is 24.3 Å². The molecule has 1 fully saturated rings. The second kappa shape index (κ2) is 3.76. The number of para-hydroxylation sites is 1. The van der Waals surface area contributed by atoms with Crippen LogP contribution in [0.2, 0.25) is 0 Å². The predicted octanol–water partition coefficient (Wildman–Crippen LogP) is 2.19. The van der Waals surface area contributed by atoms with Crippen LogP contribution in [0.5, 0.6) is 5.75 Å². The largest absolute Gasteiger partial charge is 0.506 e. The van der Waals surface area contributed by atoms with Crippen molar-refractivity contribution in [1.29, 1.82) is 0 Å². The van der Waals surface area contributed by atoms with Gasteiger partial charge in [0.2, 0.25) is 0 Å². The maximum atomic E-state index is 9.70. The molecule has 0 bridgehead atoms. The molecule has 1 aliphatic rings. The number of phenols is 1. The predicted molar refractivity (Wildman–Crippen MR) is 63.3 cm³/mol. The van der Waals surface area contributed by atoms with Gasteiger partial charge in [0, 0.05) is 18.0 Å². The first-order valence-electron chi connectivity index (χ1n) is 5.64. The Labute approximate surface area is 94.1 Å². The van der Waals surface area contributed by atoms with Crippen LogP contribution in [0.3, 0.4) is 0 Å². The Morgan fingerprint density at radius 1 is 1.25 bits per heavy atom. The van der Waals surface area contributed by atoms with Gasteiger partial charge >= 0.3 is 0 Å². The Balaban J connectivity index is 1.91. The van der Waals surface area contributed by atoms with E-state index < -0.39 is 0 Å². The van der Waals surface area contributed by atoms with E-state index in [1.54, 1.807) is 6.07 Å². The average molecular weight is 214 g/mol. The summed E-state index contributed by atoms with van der Waals surface area (Å²) in [5, 5.41) is 14.1. The third-order valence-corrected chi connectivity index (χ3v) is 2.91. The number of rotatable bonds is 3. The Morgan fingerprint density at radius 3 is 2.94 bits per heavy atom. The van der Waals surface area contributed by atoms with Gasteiger partial charge in [0.25, 0.3) is 0 Å². The zero-order chi connectivity index (χ0) is 11.0. The van der Waals surface area contributed by atoms with Crippen LogP contribution in [0, 0.1) is 0 Å². The molecule has 2 aromatic rings. The molecule has 82 valence electrons. The number of nitrogens with one attached hydrogen (secondary N) is 1. The minimum Gasteiger partial charge on any atom is -0.506 e. The number of phenolic OH excluding ortho intramolecular Hbond substituents is 1. The normalized spacial score (nSPS) is 15.5. The summed E-state index contributed by atoms with van der Waals surface area (Å²) >= 11 is 0. The second-order valence-electron chi connectivity index (χ2n) is 4.31. The first kappa shape index (κ1) is 9.60. The second-order valence-corrected chi connectivity index (χ2v) is 4.31. The van der Waals surface area contributed by atoms with E-state index in [9.17, 15) is 5.11 Å². The highest BCUT2D eigenvalue weighted by molar-refractivity contribution is 5.84. The van der Waals surface area contributed by atoms with Crippen LogP contribution in [0.15, 0.2) is 30.3 Å². The molecule has 3 nitrogen and oxygen atoms in total. The van der Waals surface area contributed by atoms with Crippen LogP contribution in [0.25, 0.3) is 10.9 Å². The average Bonchev–Trinajstić information content (AvgIpc) is 3.11.